The molecule has 2 unspecified atom stereocenters. The number of carbonyl (C=O) groups excluding carboxylic acids is 1. The van der Waals surface area contributed by atoms with Crippen LogP contribution < -0.4 is 0 Å². The first kappa shape index (κ1) is 14.3. The number of hydrogen-bond donors (Lipinski definition) is 1. The molecule has 3 fully saturated rings. The van der Waals surface area contributed by atoms with Crippen LogP contribution in [0, 0.1) is 11.8 Å². The van der Waals surface area contributed by atoms with E-state index in [0.29, 0.717) is 18.8 Å². The number of methoxy groups -OCH3 is 1. The normalized spacial score (nSPS) is 40.3. The Bertz CT molecular complexity index is 369. The number of nitrogens with zero attached hydrogens (tertiary/aromatic N) is 1. The molecule has 0 radical (unpaired) electrons. The third kappa shape index (κ3) is 2.71. The van der Waals surface area contributed by atoms with Gasteiger partial charge in [-0.2, -0.15) is 0 Å². The maximum Gasteiger partial charge on any atom is 0.225 e. The second kappa shape index (κ2) is 5.62. The molecule has 5 nitrogen and oxygen atoms in total. The summed E-state index contributed by atoms with van der Waals surface area (Å²) in [5, 5.41) is 9.32. The Hall–Kier alpha value is -0.650. The summed E-state index contributed by atoms with van der Waals surface area (Å²) in [5.74, 6) is 0.831. The molecule has 5 heteroatoms. The fourth-order valence-electron chi connectivity index (χ4n) is 3.77. The van der Waals surface area contributed by atoms with E-state index >= 15 is 0 Å². The van der Waals surface area contributed by atoms with Gasteiger partial charge in [-0.15, -0.1) is 0 Å². The van der Waals surface area contributed by atoms with Gasteiger partial charge in [0.15, 0.2) is 0 Å². The average molecular weight is 283 g/mol. The molecule has 3 rings (SSSR count). The Labute approximate surface area is 120 Å². The van der Waals surface area contributed by atoms with E-state index in [1.165, 1.54) is 0 Å². The van der Waals surface area contributed by atoms with Gasteiger partial charge in [-0.3, -0.25) is 4.79 Å². The molecule has 114 valence electrons. The van der Waals surface area contributed by atoms with Crippen LogP contribution in [0.15, 0.2) is 0 Å². The summed E-state index contributed by atoms with van der Waals surface area (Å²) in [6.07, 6.45) is 4.06. The highest BCUT2D eigenvalue weighted by Gasteiger charge is 2.48. The van der Waals surface area contributed by atoms with Crippen LogP contribution >= 0.6 is 0 Å². The number of rotatable bonds is 4. The summed E-state index contributed by atoms with van der Waals surface area (Å²) in [7, 11) is 1.73. The van der Waals surface area contributed by atoms with Crippen molar-refractivity contribution in [1.29, 1.82) is 0 Å². The molecule has 20 heavy (non-hydrogen) atoms. The molecule has 0 aromatic rings. The Morgan fingerprint density at radius 3 is 3.00 bits per heavy atom. The van der Waals surface area contributed by atoms with Crippen molar-refractivity contribution in [3.63, 3.8) is 0 Å². The maximum atomic E-state index is 12.3. The van der Waals surface area contributed by atoms with Crippen LogP contribution in [0.5, 0.6) is 0 Å². The third-order valence-corrected chi connectivity index (χ3v) is 5.11. The molecule has 0 aromatic carbocycles. The highest BCUT2D eigenvalue weighted by Crippen LogP contribution is 2.40. The van der Waals surface area contributed by atoms with Gasteiger partial charge in [0.2, 0.25) is 5.91 Å². The minimum absolute atomic E-state index is 0.0471. The average Bonchev–Trinajstić information content (AvgIpc) is 3.00. The fourth-order valence-corrected chi connectivity index (χ4v) is 3.77. The van der Waals surface area contributed by atoms with Gasteiger partial charge in [0.25, 0.3) is 0 Å². The van der Waals surface area contributed by atoms with Crippen molar-refractivity contribution < 1.29 is 19.4 Å². The number of aliphatic hydroxyl groups is 1. The molecule has 2 saturated heterocycles. The van der Waals surface area contributed by atoms with E-state index in [1.807, 2.05) is 4.90 Å². The molecule has 2 atom stereocenters. The van der Waals surface area contributed by atoms with Gasteiger partial charge >= 0.3 is 0 Å². The number of likely N-dealkylation sites (tertiary alicyclic amines) is 1. The van der Waals surface area contributed by atoms with E-state index in [2.05, 4.69) is 0 Å². The Morgan fingerprint density at radius 1 is 1.50 bits per heavy atom. The predicted molar refractivity (Wildman–Crippen MR) is 73.2 cm³/mol. The maximum absolute atomic E-state index is 12.3. The van der Waals surface area contributed by atoms with Crippen LogP contribution in [0.2, 0.25) is 0 Å². The zero-order valence-corrected chi connectivity index (χ0v) is 12.2. The molecule has 2 aliphatic heterocycles. The second-order valence-corrected chi connectivity index (χ2v) is 6.68. The zero-order chi connectivity index (χ0) is 14.2. The molecule has 1 N–H and O–H groups in total. The first-order valence-corrected chi connectivity index (χ1v) is 7.72. The van der Waals surface area contributed by atoms with Gasteiger partial charge in [-0.1, -0.05) is 0 Å². The minimum atomic E-state index is -0.262. The summed E-state index contributed by atoms with van der Waals surface area (Å²) in [6, 6.07) is 0. The first-order chi connectivity index (χ1) is 9.62. The number of hydrogen-bond acceptors (Lipinski definition) is 4. The lowest BCUT2D eigenvalue weighted by molar-refractivity contribution is -0.142. The van der Waals surface area contributed by atoms with Crippen molar-refractivity contribution in [3.8, 4) is 0 Å². The molecule has 1 saturated carbocycles. The van der Waals surface area contributed by atoms with Gasteiger partial charge in [-0.25, -0.2) is 0 Å². The minimum Gasteiger partial charge on any atom is -0.393 e. The lowest BCUT2D eigenvalue weighted by Crippen LogP contribution is -2.44. The van der Waals surface area contributed by atoms with E-state index in [4.69, 9.17) is 9.47 Å². The van der Waals surface area contributed by atoms with E-state index < -0.39 is 0 Å². The summed E-state index contributed by atoms with van der Waals surface area (Å²) in [6.45, 7) is 3.13. The Balaban J connectivity index is 1.50. The first-order valence-electron chi connectivity index (χ1n) is 7.72. The lowest BCUT2D eigenvalue weighted by Gasteiger charge is -2.33. The van der Waals surface area contributed by atoms with Crippen molar-refractivity contribution in [3.05, 3.63) is 0 Å². The topological polar surface area (TPSA) is 59.0 Å². The SMILES string of the molecule is COCCC1COC2(CCN(C(=O)C3CC(O)C3)C2)C1. The molecule has 2 heterocycles. The van der Waals surface area contributed by atoms with Crippen LogP contribution in [0.3, 0.4) is 0 Å². The summed E-state index contributed by atoms with van der Waals surface area (Å²) in [5.41, 5.74) is -0.101. The van der Waals surface area contributed by atoms with Crippen LogP contribution in [0.1, 0.15) is 32.1 Å². The van der Waals surface area contributed by atoms with Crippen molar-refractivity contribution in [2.75, 3.05) is 33.4 Å². The summed E-state index contributed by atoms with van der Waals surface area (Å²) >= 11 is 0. The van der Waals surface area contributed by atoms with E-state index in [9.17, 15) is 9.90 Å². The van der Waals surface area contributed by atoms with E-state index in [0.717, 1.165) is 45.6 Å². The van der Waals surface area contributed by atoms with Gasteiger partial charge < -0.3 is 19.5 Å². The van der Waals surface area contributed by atoms with Gasteiger partial charge in [0.05, 0.1) is 18.3 Å². The van der Waals surface area contributed by atoms with Gasteiger partial charge in [0, 0.05) is 32.7 Å². The standard InChI is InChI=1S/C15H25NO4/c1-19-5-2-11-8-15(20-9-11)3-4-16(10-15)14(18)12-6-13(17)7-12/h11-13,17H,2-10H2,1H3. The quantitative estimate of drug-likeness (QED) is 0.829. The van der Waals surface area contributed by atoms with Crippen molar-refractivity contribution in [1.82, 2.24) is 4.90 Å². The largest absolute Gasteiger partial charge is 0.393 e. The van der Waals surface area contributed by atoms with Crippen molar-refractivity contribution >= 4 is 5.91 Å². The van der Waals surface area contributed by atoms with Crippen molar-refractivity contribution in [2.24, 2.45) is 11.8 Å². The summed E-state index contributed by atoms with van der Waals surface area (Å²) < 4.78 is 11.2. The van der Waals surface area contributed by atoms with E-state index in [-0.39, 0.29) is 23.5 Å². The smallest absolute Gasteiger partial charge is 0.225 e. The number of aliphatic hydroxyl groups excluding tert-OH is 1. The van der Waals surface area contributed by atoms with Crippen LogP contribution in [0.25, 0.3) is 0 Å². The van der Waals surface area contributed by atoms with Crippen LogP contribution in [0.4, 0.5) is 0 Å². The van der Waals surface area contributed by atoms with E-state index in [1.54, 1.807) is 7.11 Å². The molecule has 1 aliphatic carbocycles. The van der Waals surface area contributed by atoms with Crippen LogP contribution in [-0.4, -0.2) is 61.0 Å². The Morgan fingerprint density at radius 2 is 2.30 bits per heavy atom. The highest BCUT2D eigenvalue weighted by molar-refractivity contribution is 5.80. The third-order valence-electron chi connectivity index (χ3n) is 5.11. The van der Waals surface area contributed by atoms with Crippen molar-refractivity contribution in [2.45, 2.75) is 43.8 Å². The number of amides is 1. The molecule has 1 spiro atoms. The van der Waals surface area contributed by atoms with Gasteiger partial charge in [0.1, 0.15) is 0 Å². The second-order valence-electron chi connectivity index (χ2n) is 6.68. The predicted octanol–water partition coefficient (Wildman–Crippen LogP) is 0.801. The summed E-state index contributed by atoms with van der Waals surface area (Å²) in [4.78, 5) is 14.3. The molecule has 3 aliphatic rings. The molecular weight excluding hydrogens is 258 g/mol. The lowest BCUT2D eigenvalue weighted by atomic mass is 9.81. The molecular formula is C15H25NO4. The Kier molecular flexibility index (Phi) is 4.02. The number of carbonyl (C=O) groups is 1. The number of ether oxygens (including phenoxy) is 2. The monoisotopic (exact) mass is 283 g/mol. The van der Waals surface area contributed by atoms with Crippen LogP contribution in [-0.2, 0) is 14.3 Å². The molecule has 0 bridgehead atoms. The van der Waals surface area contributed by atoms with Gasteiger partial charge in [-0.05, 0) is 38.0 Å². The molecule has 0 aromatic heterocycles. The zero-order valence-electron chi connectivity index (χ0n) is 12.2. The highest BCUT2D eigenvalue weighted by atomic mass is 16.5. The molecule has 1 amide bonds. The fraction of sp³-hybridized carbons (Fsp3) is 0.933.